The fraction of sp³-hybridized carbons (Fsp3) is 0.222. The number of rotatable bonds is 12. The number of anilines is 1. The molecule has 10 nitrogen and oxygen atoms in total. The summed E-state index contributed by atoms with van der Waals surface area (Å²) < 4.78 is 6.15. The first-order chi connectivity index (χ1) is 21.8. The second-order valence-electron chi connectivity index (χ2n) is 12.1. The molecule has 0 saturated heterocycles. The number of nitrogens with zero attached hydrogens (tertiary/aromatic N) is 1. The predicted molar refractivity (Wildman–Crippen MR) is 180 cm³/mol. The molecule has 0 spiro atoms. The van der Waals surface area contributed by atoms with Gasteiger partial charge in [0.1, 0.15) is 23.4 Å². The van der Waals surface area contributed by atoms with E-state index in [2.05, 4.69) is 26.1 Å². The lowest BCUT2D eigenvalue weighted by atomic mass is 9.87. The van der Waals surface area contributed by atoms with Crippen LogP contribution in [0.1, 0.15) is 53.4 Å². The molecule has 8 N–H and O–H groups in total. The van der Waals surface area contributed by atoms with E-state index in [9.17, 15) is 14.4 Å². The molecule has 4 rings (SSSR count). The summed E-state index contributed by atoms with van der Waals surface area (Å²) in [4.78, 5) is 40.9. The standard InChI is InChI=1S/C36H40N6O4/c1-36(2,3)27-12-16-29(17-13-27)46-30-9-4-6-24(18-30)22-42(35(45)26-8-5-7-25(20-26)33(39)40)31(34(44)41-21-32(38)43)19-23-10-14-28(37)15-11-23/h4-18,20,31H,19,21-22,37H2,1-3H3,(H2,38,43)(H3,39,40)(H,41,44)/t31-/m0/s1. The SMILES string of the molecule is CC(C)(C)c1ccc(Oc2cccc(CN(C(=O)c3cccc(C(=N)N)c3)[C@@H](Cc3ccc(N)cc3)C(=O)NCC(N)=O)c2)cc1. The third-order valence-corrected chi connectivity index (χ3v) is 7.41. The summed E-state index contributed by atoms with van der Waals surface area (Å²) in [6.45, 7) is 6.06. The number of carbonyl (C=O) groups is 3. The molecule has 0 heterocycles. The van der Waals surface area contributed by atoms with Gasteiger partial charge < -0.3 is 32.2 Å². The van der Waals surface area contributed by atoms with E-state index in [0.717, 1.165) is 5.56 Å². The van der Waals surface area contributed by atoms with Gasteiger partial charge in [0, 0.05) is 29.8 Å². The van der Waals surface area contributed by atoms with Crippen LogP contribution in [0, 0.1) is 5.41 Å². The Hall–Kier alpha value is -5.64. The monoisotopic (exact) mass is 620 g/mol. The quantitative estimate of drug-likeness (QED) is 0.0884. The molecule has 10 heteroatoms. The molecule has 238 valence electrons. The van der Waals surface area contributed by atoms with Gasteiger partial charge in [-0.15, -0.1) is 0 Å². The van der Waals surface area contributed by atoms with Gasteiger partial charge in [0.15, 0.2) is 0 Å². The summed E-state index contributed by atoms with van der Waals surface area (Å²) in [6, 6.07) is 27.5. The Kier molecular flexibility index (Phi) is 10.4. The zero-order valence-corrected chi connectivity index (χ0v) is 26.2. The Bertz CT molecular complexity index is 1710. The first-order valence-electron chi connectivity index (χ1n) is 14.8. The maximum absolute atomic E-state index is 14.2. The zero-order chi connectivity index (χ0) is 33.4. The molecule has 0 bridgehead atoms. The minimum absolute atomic E-state index is 0.00497. The highest BCUT2D eigenvalue weighted by atomic mass is 16.5. The van der Waals surface area contributed by atoms with Gasteiger partial charge in [-0.1, -0.05) is 69.3 Å². The van der Waals surface area contributed by atoms with Crippen LogP contribution in [0.2, 0.25) is 0 Å². The molecule has 1 atom stereocenters. The topological polar surface area (TPSA) is 178 Å². The van der Waals surface area contributed by atoms with Gasteiger partial charge in [0.05, 0.1) is 6.54 Å². The number of benzene rings is 4. The van der Waals surface area contributed by atoms with E-state index in [4.69, 9.17) is 27.3 Å². The van der Waals surface area contributed by atoms with Crippen molar-refractivity contribution in [2.75, 3.05) is 12.3 Å². The second kappa shape index (κ2) is 14.4. The summed E-state index contributed by atoms with van der Waals surface area (Å²) in [5, 5.41) is 10.4. The molecule has 0 unspecified atom stereocenters. The normalized spacial score (nSPS) is 11.7. The van der Waals surface area contributed by atoms with Crippen molar-refractivity contribution in [2.45, 2.75) is 45.2 Å². The molecular formula is C36H40N6O4. The molecule has 0 aliphatic rings. The van der Waals surface area contributed by atoms with Crippen LogP contribution in [-0.2, 0) is 28.0 Å². The Morgan fingerprint density at radius 2 is 1.48 bits per heavy atom. The number of ether oxygens (including phenoxy) is 1. The van der Waals surface area contributed by atoms with Crippen LogP contribution in [0.25, 0.3) is 0 Å². The van der Waals surface area contributed by atoms with E-state index >= 15 is 0 Å². The highest BCUT2D eigenvalue weighted by Crippen LogP contribution is 2.28. The first kappa shape index (κ1) is 33.3. The average Bonchev–Trinajstić information content (AvgIpc) is 3.02. The maximum atomic E-state index is 14.2. The molecule has 0 radical (unpaired) electrons. The van der Waals surface area contributed by atoms with E-state index in [1.54, 1.807) is 42.5 Å². The smallest absolute Gasteiger partial charge is 0.254 e. The Balaban J connectivity index is 1.71. The van der Waals surface area contributed by atoms with Crippen LogP contribution >= 0.6 is 0 Å². The Morgan fingerprint density at radius 3 is 2.11 bits per heavy atom. The molecule has 0 fully saturated rings. The number of primary amides is 1. The van der Waals surface area contributed by atoms with Gasteiger partial charge in [0.2, 0.25) is 11.8 Å². The number of amidine groups is 1. The number of hydrogen-bond acceptors (Lipinski definition) is 6. The van der Waals surface area contributed by atoms with Crippen molar-refractivity contribution in [1.82, 2.24) is 10.2 Å². The van der Waals surface area contributed by atoms with Crippen LogP contribution in [-0.4, -0.2) is 41.0 Å². The summed E-state index contributed by atoms with van der Waals surface area (Å²) in [7, 11) is 0. The largest absolute Gasteiger partial charge is 0.457 e. The predicted octanol–water partition coefficient (Wildman–Crippen LogP) is 4.50. The lowest BCUT2D eigenvalue weighted by Gasteiger charge is -2.31. The number of nitrogen functional groups attached to an aromatic ring is 2. The minimum atomic E-state index is -1.05. The van der Waals surface area contributed by atoms with Crippen LogP contribution in [0.3, 0.4) is 0 Å². The molecule has 0 aliphatic heterocycles. The van der Waals surface area contributed by atoms with Crippen molar-refractivity contribution >= 4 is 29.2 Å². The lowest BCUT2D eigenvalue weighted by molar-refractivity contribution is -0.128. The fourth-order valence-electron chi connectivity index (χ4n) is 4.89. The molecule has 0 aliphatic carbocycles. The minimum Gasteiger partial charge on any atom is -0.457 e. The van der Waals surface area contributed by atoms with Gasteiger partial charge in [-0.05, 0) is 70.6 Å². The van der Waals surface area contributed by atoms with Gasteiger partial charge >= 0.3 is 0 Å². The number of nitrogens with two attached hydrogens (primary N) is 3. The second-order valence-corrected chi connectivity index (χ2v) is 12.1. The molecule has 4 aromatic rings. The summed E-state index contributed by atoms with van der Waals surface area (Å²) >= 11 is 0. The van der Waals surface area contributed by atoms with E-state index in [-0.39, 0.29) is 29.8 Å². The summed E-state index contributed by atoms with van der Waals surface area (Å²) in [6.07, 6.45) is 0.124. The molecular weight excluding hydrogens is 580 g/mol. The Morgan fingerprint density at radius 1 is 0.826 bits per heavy atom. The van der Waals surface area contributed by atoms with Crippen LogP contribution in [0.15, 0.2) is 97.1 Å². The molecule has 4 aromatic carbocycles. The van der Waals surface area contributed by atoms with E-state index in [0.29, 0.717) is 28.3 Å². The van der Waals surface area contributed by atoms with Crippen LogP contribution < -0.4 is 27.3 Å². The first-order valence-corrected chi connectivity index (χ1v) is 14.8. The van der Waals surface area contributed by atoms with E-state index in [1.165, 1.54) is 16.5 Å². The summed E-state index contributed by atoms with van der Waals surface area (Å²) in [5.74, 6) is -0.724. The third-order valence-electron chi connectivity index (χ3n) is 7.41. The highest BCUT2D eigenvalue weighted by Gasteiger charge is 2.31. The number of hydrogen-bond donors (Lipinski definition) is 5. The van der Waals surface area contributed by atoms with Gasteiger partial charge in [-0.3, -0.25) is 19.8 Å². The molecule has 0 saturated carbocycles. The van der Waals surface area contributed by atoms with Crippen molar-refractivity contribution in [1.29, 1.82) is 5.41 Å². The van der Waals surface area contributed by atoms with Crippen LogP contribution in [0.5, 0.6) is 11.5 Å². The van der Waals surface area contributed by atoms with Crippen molar-refractivity contribution < 1.29 is 19.1 Å². The van der Waals surface area contributed by atoms with Crippen molar-refractivity contribution in [2.24, 2.45) is 11.5 Å². The summed E-state index contributed by atoms with van der Waals surface area (Å²) in [5.41, 5.74) is 20.7. The number of carbonyl (C=O) groups excluding carboxylic acids is 3. The third kappa shape index (κ3) is 8.95. The average molecular weight is 621 g/mol. The van der Waals surface area contributed by atoms with Crippen LogP contribution in [0.4, 0.5) is 5.69 Å². The Labute approximate surface area is 269 Å². The van der Waals surface area contributed by atoms with Crippen molar-refractivity contribution in [3.63, 3.8) is 0 Å². The van der Waals surface area contributed by atoms with Crippen molar-refractivity contribution in [3.8, 4) is 11.5 Å². The number of amides is 3. The van der Waals surface area contributed by atoms with Crippen molar-refractivity contribution in [3.05, 3.63) is 125 Å². The van der Waals surface area contributed by atoms with Gasteiger partial charge in [0.25, 0.3) is 5.91 Å². The number of nitrogens with one attached hydrogen (secondary N) is 2. The van der Waals surface area contributed by atoms with Gasteiger partial charge in [-0.2, -0.15) is 0 Å². The fourth-order valence-corrected chi connectivity index (χ4v) is 4.89. The van der Waals surface area contributed by atoms with Gasteiger partial charge in [-0.25, -0.2) is 0 Å². The molecule has 46 heavy (non-hydrogen) atoms. The maximum Gasteiger partial charge on any atom is 0.254 e. The van der Waals surface area contributed by atoms with E-state index in [1.807, 2.05) is 48.5 Å². The van der Waals surface area contributed by atoms with E-state index < -0.39 is 30.3 Å². The lowest BCUT2D eigenvalue weighted by Crippen LogP contribution is -2.51. The highest BCUT2D eigenvalue weighted by molar-refractivity contribution is 6.01. The molecule has 0 aromatic heterocycles. The zero-order valence-electron chi connectivity index (χ0n) is 26.2. The molecule has 3 amide bonds.